The summed E-state index contributed by atoms with van der Waals surface area (Å²) < 4.78 is 56.7. The van der Waals surface area contributed by atoms with Crippen molar-refractivity contribution in [2.75, 3.05) is 13.2 Å². The summed E-state index contributed by atoms with van der Waals surface area (Å²) in [6.45, 7) is -1.33. The van der Waals surface area contributed by atoms with Crippen molar-refractivity contribution in [1.82, 2.24) is 0 Å². The van der Waals surface area contributed by atoms with Crippen molar-refractivity contribution in [3.63, 3.8) is 0 Å². The van der Waals surface area contributed by atoms with Gasteiger partial charge in [-0.3, -0.25) is 9.59 Å². The van der Waals surface area contributed by atoms with E-state index in [9.17, 15) is 100 Å². The van der Waals surface area contributed by atoms with Crippen LogP contribution in [0.5, 0.6) is 69.0 Å². The standard InChI is InChI=1S/2C39H32O15/c2*40-23-9-1-20(2-10-23)5-15-30(45)50-19-29-33(47)37(53-31(46)16-6-21-3-11-24(41)12-4-21)35(49)39(52-29)54-38-34(48)32-27(44)17-26(43)18-28(32)51-36(38)22-7-13-25(42)14-8-22/h2*1-18,29,33,35,37,39-44,47,49H,19H2/b15-5-,16-6+;15-5-,16-6-/t2*29?,33-,35?,37-,39+/m11/s1. The first-order valence-corrected chi connectivity index (χ1v) is 32.4. The molecule has 0 bridgehead atoms. The molecule has 10 aromatic rings. The second kappa shape index (κ2) is 33.4. The van der Waals surface area contributed by atoms with Crippen LogP contribution in [0.15, 0.2) is 213 Å². The first-order valence-electron chi connectivity index (χ1n) is 32.4. The van der Waals surface area contributed by atoms with Crippen molar-refractivity contribution in [3.8, 4) is 91.6 Å². The highest BCUT2D eigenvalue weighted by Gasteiger charge is 2.51. The molecule has 2 aliphatic heterocycles. The molecule has 30 heteroatoms. The fourth-order valence-electron chi connectivity index (χ4n) is 10.9. The van der Waals surface area contributed by atoms with Crippen molar-refractivity contribution in [1.29, 1.82) is 0 Å². The average molecular weight is 1480 g/mol. The highest BCUT2D eigenvalue weighted by atomic mass is 16.7. The molecule has 2 aliphatic rings. The molecular formula is C78H64O30. The van der Waals surface area contributed by atoms with Gasteiger partial charge in [-0.1, -0.05) is 48.5 Å². The number of aliphatic hydroxyl groups is 4. The lowest BCUT2D eigenvalue weighted by molar-refractivity contribution is -0.281. The van der Waals surface area contributed by atoms with Crippen LogP contribution in [0.1, 0.15) is 22.3 Å². The second-order valence-corrected chi connectivity index (χ2v) is 24.0. The number of esters is 4. The van der Waals surface area contributed by atoms with Crippen molar-refractivity contribution in [3.05, 3.63) is 237 Å². The SMILES string of the molecule is O=C(/C=C\c1ccc(O)cc1)OCC1O[C@@H](Oc2c(-c3ccc(O)cc3)oc3cc(O)cc(O)c3c2=O)C(O)[C@H](OC(=O)/C=C/c2ccc(O)cc2)[C@@H]1O.O=C(/C=C\c1ccc(O)cc1)OCC1O[C@@H](Oc2c(-c3ccc(O)cc3)oc3cc(O)cc(O)c3c2=O)C(O)[C@H](OC(=O)/C=C\c2ccc(O)cc2)[C@@H]1O. The number of phenolic OH excluding ortho intramolecular Hbond substituents is 10. The lowest BCUT2D eigenvalue weighted by Gasteiger charge is -2.41. The van der Waals surface area contributed by atoms with Crippen LogP contribution in [0.4, 0.5) is 0 Å². The van der Waals surface area contributed by atoms with E-state index in [0.29, 0.717) is 22.3 Å². The Labute approximate surface area is 608 Å². The van der Waals surface area contributed by atoms with Gasteiger partial charge in [0.25, 0.3) is 0 Å². The lowest BCUT2D eigenvalue weighted by atomic mass is 9.98. The number of aromatic hydroxyl groups is 10. The lowest BCUT2D eigenvalue weighted by Crippen LogP contribution is -2.61. The van der Waals surface area contributed by atoms with E-state index in [1.807, 2.05) is 0 Å². The Kier molecular flexibility index (Phi) is 23.4. The summed E-state index contributed by atoms with van der Waals surface area (Å²) in [5.41, 5.74) is 0.0159. The molecular weight excluding hydrogens is 1420 g/mol. The van der Waals surface area contributed by atoms with Gasteiger partial charge >= 0.3 is 23.9 Å². The van der Waals surface area contributed by atoms with Crippen molar-refractivity contribution >= 4 is 70.1 Å². The van der Waals surface area contributed by atoms with E-state index in [0.717, 1.165) is 48.6 Å². The number of rotatable bonds is 20. The van der Waals surface area contributed by atoms with Crippen LogP contribution in [0.25, 0.3) is 68.9 Å². The zero-order valence-corrected chi connectivity index (χ0v) is 55.8. The van der Waals surface area contributed by atoms with Gasteiger partial charge in [-0.15, -0.1) is 0 Å². The molecule has 10 atom stereocenters. The van der Waals surface area contributed by atoms with Gasteiger partial charge in [-0.25, -0.2) is 19.2 Å². The quantitative estimate of drug-likeness (QED) is 0.0201. The van der Waals surface area contributed by atoms with Crippen LogP contribution in [0.2, 0.25) is 0 Å². The number of benzene rings is 8. The van der Waals surface area contributed by atoms with Crippen LogP contribution < -0.4 is 20.3 Å². The largest absolute Gasteiger partial charge is 0.508 e. The molecule has 0 spiro atoms. The summed E-state index contributed by atoms with van der Waals surface area (Å²) in [6.07, 6.45) is -8.48. The van der Waals surface area contributed by atoms with Gasteiger partial charge in [0.2, 0.25) is 34.9 Å². The summed E-state index contributed by atoms with van der Waals surface area (Å²) >= 11 is 0. The van der Waals surface area contributed by atoms with E-state index in [2.05, 4.69) is 0 Å². The molecule has 556 valence electrons. The molecule has 4 unspecified atom stereocenters. The summed E-state index contributed by atoms with van der Waals surface area (Å²) in [6, 6.07) is 38.0. The molecule has 4 heterocycles. The highest BCUT2D eigenvalue weighted by molar-refractivity contribution is 5.91. The fraction of sp³-hybridized carbons (Fsp3) is 0.154. The molecule has 2 fully saturated rings. The minimum absolute atomic E-state index is 0.000756. The van der Waals surface area contributed by atoms with Gasteiger partial charge in [0, 0.05) is 59.7 Å². The van der Waals surface area contributed by atoms with Crippen LogP contribution in [0, 0.1) is 0 Å². The minimum atomic E-state index is -2.00. The third-order valence-corrected chi connectivity index (χ3v) is 16.4. The van der Waals surface area contributed by atoms with Crippen LogP contribution in [-0.2, 0) is 47.6 Å². The molecule has 108 heavy (non-hydrogen) atoms. The monoisotopic (exact) mass is 1480 g/mol. The predicted octanol–water partition coefficient (Wildman–Crippen LogP) is 7.39. The third-order valence-electron chi connectivity index (χ3n) is 16.4. The summed E-state index contributed by atoms with van der Waals surface area (Å²) in [5, 5.41) is 143. The summed E-state index contributed by atoms with van der Waals surface area (Å²) in [7, 11) is 0. The Morgan fingerprint density at radius 1 is 0.352 bits per heavy atom. The predicted molar refractivity (Wildman–Crippen MR) is 379 cm³/mol. The van der Waals surface area contributed by atoms with E-state index in [1.165, 1.54) is 146 Å². The molecule has 2 aromatic heterocycles. The number of hydrogen-bond acceptors (Lipinski definition) is 30. The fourth-order valence-corrected chi connectivity index (χ4v) is 10.9. The maximum Gasteiger partial charge on any atom is 0.331 e. The number of ether oxygens (including phenoxy) is 8. The highest BCUT2D eigenvalue weighted by Crippen LogP contribution is 2.41. The summed E-state index contributed by atoms with van der Waals surface area (Å²) in [4.78, 5) is 79.0. The van der Waals surface area contributed by atoms with Crippen molar-refractivity contribution in [2.24, 2.45) is 0 Å². The van der Waals surface area contributed by atoms with Crippen LogP contribution >= 0.6 is 0 Å². The van der Waals surface area contributed by atoms with Gasteiger partial charge in [0.05, 0.1) is 0 Å². The van der Waals surface area contributed by atoms with E-state index < -0.39 is 155 Å². The Morgan fingerprint density at radius 3 is 0.926 bits per heavy atom. The Morgan fingerprint density at radius 2 is 0.630 bits per heavy atom. The normalized spacial score (nSPS) is 19.9. The topological polar surface area (TPSA) is 486 Å². The van der Waals surface area contributed by atoms with Crippen LogP contribution in [-0.4, -0.2) is 170 Å². The number of hydrogen-bond donors (Lipinski definition) is 14. The molecule has 30 nitrogen and oxygen atoms in total. The Balaban J connectivity index is 0.000000215. The second-order valence-electron chi connectivity index (χ2n) is 24.0. The molecule has 8 aromatic carbocycles. The van der Waals surface area contributed by atoms with Gasteiger partial charge in [0.1, 0.15) is 117 Å². The molecule has 14 N–H and O–H groups in total. The molecule has 0 aliphatic carbocycles. The van der Waals surface area contributed by atoms with Gasteiger partial charge < -0.3 is 118 Å². The zero-order chi connectivity index (χ0) is 77.0. The van der Waals surface area contributed by atoms with E-state index in [4.69, 9.17) is 46.7 Å². The van der Waals surface area contributed by atoms with Gasteiger partial charge in [-0.2, -0.15) is 0 Å². The molecule has 0 amide bonds. The number of fused-ring (bicyclic) bond motifs is 2. The number of carbonyl (C=O) groups excluding carboxylic acids is 4. The van der Waals surface area contributed by atoms with E-state index in [1.54, 1.807) is 24.3 Å². The maximum atomic E-state index is 13.9. The Hall–Kier alpha value is -13.6. The van der Waals surface area contributed by atoms with Crippen LogP contribution in [0.3, 0.4) is 0 Å². The molecule has 12 rings (SSSR count). The minimum Gasteiger partial charge on any atom is -0.508 e. The van der Waals surface area contributed by atoms with E-state index >= 15 is 0 Å². The van der Waals surface area contributed by atoms with E-state index in [-0.39, 0.29) is 68.3 Å². The number of carbonyl (C=O) groups is 4. The summed E-state index contributed by atoms with van der Waals surface area (Å²) in [5.74, 6) is -8.02. The average Bonchev–Trinajstić information content (AvgIpc) is 0.759. The maximum absolute atomic E-state index is 13.9. The Bertz CT molecular complexity index is 4840. The first-order chi connectivity index (χ1) is 51.7. The van der Waals surface area contributed by atoms with Gasteiger partial charge in [-0.05, 0) is 144 Å². The smallest absolute Gasteiger partial charge is 0.331 e. The molecule has 0 radical (unpaired) electrons. The molecule has 2 saturated heterocycles. The number of aliphatic hydroxyl groups excluding tert-OH is 4. The first kappa shape index (κ1) is 75.5. The van der Waals surface area contributed by atoms with Gasteiger partial charge in [0.15, 0.2) is 35.9 Å². The van der Waals surface area contributed by atoms with Crippen molar-refractivity contribution in [2.45, 2.75) is 61.4 Å². The van der Waals surface area contributed by atoms with Crippen molar-refractivity contribution < 1.29 is 137 Å². The zero-order valence-electron chi connectivity index (χ0n) is 55.8. The number of phenols is 10. The third kappa shape index (κ3) is 18.5. The molecule has 0 saturated carbocycles.